The maximum Gasteiger partial charge on any atom is 0.251 e. The Balaban J connectivity index is 1.73. The Labute approximate surface area is 197 Å². The molecule has 1 amide bonds. The third kappa shape index (κ3) is 6.45. The fourth-order valence-corrected chi connectivity index (χ4v) is 4.70. The molecule has 174 valence electrons. The van der Waals surface area contributed by atoms with E-state index in [1.54, 1.807) is 24.3 Å². The van der Waals surface area contributed by atoms with Crippen LogP contribution in [-0.4, -0.2) is 20.6 Å². The summed E-state index contributed by atoms with van der Waals surface area (Å²) in [6.07, 6.45) is 2.19. The van der Waals surface area contributed by atoms with Gasteiger partial charge in [0.25, 0.3) is 5.91 Å². The number of carbonyl (C=O) groups is 1. The van der Waals surface area contributed by atoms with Crippen molar-refractivity contribution in [3.05, 3.63) is 100 Å². The Morgan fingerprint density at radius 2 is 1.45 bits per heavy atom. The van der Waals surface area contributed by atoms with E-state index in [9.17, 15) is 13.2 Å². The Hall–Kier alpha value is -3.12. The van der Waals surface area contributed by atoms with E-state index in [0.717, 1.165) is 28.7 Å². The van der Waals surface area contributed by atoms with Crippen molar-refractivity contribution in [1.82, 2.24) is 5.32 Å². The van der Waals surface area contributed by atoms with E-state index >= 15 is 0 Å². The van der Waals surface area contributed by atoms with E-state index in [0.29, 0.717) is 11.3 Å². The highest BCUT2D eigenvalue weighted by Gasteiger charge is 2.19. The highest BCUT2D eigenvalue weighted by atomic mass is 32.2. The fourth-order valence-electron chi connectivity index (χ4n) is 3.83. The predicted octanol–water partition coefficient (Wildman–Crippen LogP) is 5.32. The van der Waals surface area contributed by atoms with E-state index < -0.39 is 10.0 Å². The van der Waals surface area contributed by atoms with Crippen LogP contribution in [0.5, 0.6) is 0 Å². The number of sulfonamides is 1. The number of rotatable bonds is 8. The van der Waals surface area contributed by atoms with Crippen LogP contribution >= 0.6 is 0 Å². The molecule has 0 radical (unpaired) electrons. The molecule has 33 heavy (non-hydrogen) atoms. The Morgan fingerprint density at radius 3 is 1.97 bits per heavy atom. The van der Waals surface area contributed by atoms with E-state index in [1.165, 1.54) is 16.1 Å². The van der Waals surface area contributed by atoms with Gasteiger partial charge in [-0.05, 0) is 79.3 Å². The molecule has 0 aromatic heterocycles. The largest absolute Gasteiger partial charge is 0.346 e. The van der Waals surface area contributed by atoms with Gasteiger partial charge in [0.05, 0.1) is 24.5 Å². The van der Waals surface area contributed by atoms with Gasteiger partial charge in [0.1, 0.15) is 0 Å². The highest BCUT2D eigenvalue weighted by Crippen LogP contribution is 2.24. The van der Waals surface area contributed by atoms with Crippen molar-refractivity contribution >= 4 is 21.6 Å². The maximum absolute atomic E-state index is 12.7. The molecule has 0 aliphatic rings. The third-order valence-electron chi connectivity index (χ3n) is 5.67. The maximum atomic E-state index is 12.7. The van der Waals surface area contributed by atoms with Crippen LogP contribution in [-0.2, 0) is 23.0 Å². The van der Waals surface area contributed by atoms with Crippen LogP contribution in [0.1, 0.15) is 58.1 Å². The normalized spacial score (nSPS) is 12.3. The van der Waals surface area contributed by atoms with Crippen molar-refractivity contribution in [2.75, 3.05) is 10.6 Å². The molecule has 6 heteroatoms. The second-order valence-electron chi connectivity index (χ2n) is 8.60. The van der Waals surface area contributed by atoms with Crippen LogP contribution in [0, 0.1) is 13.8 Å². The second-order valence-corrected chi connectivity index (χ2v) is 10.5. The fraction of sp³-hybridized carbons (Fsp3) is 0.296. The van der Waals surface area contributed by atoms with E-state index in [2.05, 4.69) is 24.4 Å². The summed E-state index contributed by atoms with van der Waals surface area (Å²) in [7, 11) is -3.47. The number of aryl methyl sites for hydroxylation is 3. The van der Waals surface area contributed by atoms with Gasteiger partial charge in [-0.25, -0.2) is 8.42 Å². The van der Waals surface area contributed by atoms with Crippen molar-refractivity contribution in [2.45, 2.75) is 46.7 Å². The van der Waals surface area contributed by atoms with Gasteiger partial charge in [0.15, 0.2) is 0 Å². The zero-order valence-corrected chi connectivity index (χ0v) is 20.7. The second kappa shape index (κ2) is 10.2. The van der Waals surface area contributed by atoms with E-state index in [1.807, 2.05) is 51.1 Å². The lowest BCUT2D eigenvalue weighted by molar-refractivity contribution is 0.0940. The van der Waals surface area contributed by atoms with E-state index in [-0.39, 0.29) is 18.5 Å². The van der Waals surface area contributed by atoms with Crippen molar-refractivity contribution in [3.63, 3.8) is 0 Å². The van der Waals surface area contributed by atoms with E-state index in [4.69, 9.17) is 0 Å². The van der Waals surface area contributed by atoms with Crippen molar-refractivity contribution in [2.24, 2.45) is 0 Å². The van der Waals surface area contributed by atoms with Crippen LogP contribution in [0.25, 0.3) is 0 Å². The molecule has 3 aromatic rings. The summed E-state index contributed by atoms with van der Waals surface area (Å²) in [5, 5.41) is 3.03. The monoisotopic (exact) mass is 464 g/mol. The predicted molar refractivity (Wildman–Crippen MR) is 135 cm³/mol. The summed E-state index contributed by atoms with van der Waals surface area (Å²) in [4.78, 5) is 12.7. The van der Waals surface area contributed by atoms with Gasteiger partial charge >= 0.3 is 0 Å². The van der Waals surface area contributed by atoms with Gasteiger partial charge in [-0.3, -0.25) is 9.10 Å². The van der Waals surface area contributed by atoms with Gasteiger partial charge in [0, 0.05) is 5.56 Å². The number of hydrogen-bond acceptors (Lipinski definition) is 3. The average molecular weight is 465 g/mol. The lowest BCUT2D eigenvalue weighted by Gasteiger charge is -2.23. The minimum absolute atomic E-state index is 0.117. The van der Waals surface area contributed by atoms with Crippen LogP contribution in [0.15, 0.2) is 66.7 Å². The molecule has 0 saturated heterocycles. The SMILES string of the molecule is CCc1ccc([C@H](C)NC(=O)c2ccc(CN(c3cc(C)cc(C)c3)S(C)(=O)=O)cc2)cc1. The third-order valence-corrected chi connectivity index (χ3v) is 6.81. The Morgan fingerprint density at radius 1 is 0.909 bits per heavy atom. The summed E-state index contributed by atoms with van der Waals surface area (Å²) in [5.41, 5.74) is 6.30. The lowest BCUT2D eigenvalue weighted by atomic mass is 10.0. The number of nitrogens with zero attached hydrogens (tertiary/aromatic N) is 1. The summed E-state index contributed by atoms with van der Waals surface area (Å²) < 4.78 is 26.4. The Bertz CT molecular complexity index is 1200. The first-order chi connectivity index (χ1) is 15.6. The first-order valence-corrected chi connectivity index (χ1v) is 13.0. The first-order valence-electron chi connectivity index (χ1n) is 11.1. The smallest absolute Gasteiger partial charge is 0.251 e. The molecule has 0 aliphatic carbocycles. The molecular formula is C27H32N2O3S. The average Bonchev–Trinajstić information content (AvgIpc) is 2.76. The molecule has 0 unspecified atom stereocenters. The number of benzene rings is 3. The molecule has 0 spiro atoms. The van der Waals surface area contributed by atoms with Crippen molar-refractivity contribution in [1.29, 1.82) is 0 Å². The minimum Gasteiger partial charge on any atom is -0.346 e. The molecule has 1 N–H and O–H groups in total. The number of hydrogen-bond donors (Lipinski definition) is 1. The zero-order valence-electron chi connectivity index (χ0n) is 19.9. The molecule has 3 aromatic carbocycles. The summed E-state index contributed by atoms with van der Waals surface area (Å²) >= 11 is 0. The lowest BCUT2D eigenvalue weighted by Crippen LogP contribution is -2.29. The van der Waals surface area contributed by atoms with Gasteiger partial charge < -0.3 is 5.32 Å². The van der Waals surface area contributed by atoms with Crippen LogP contribution in [0.4, 0.5) is 5.69 Å². The molecule has 0 bridgehead atoms. The van der Waals surface area contributed by atoms with Crippen molar-refractivity contribution in [3.8, 4) is 0 Å². The molecule has 0 saturated carbocycles. The van der Waals surface area contributed by atoms with Crippen LogP contribution < -0.4 is 9.62 Å². The Kier molecular flexibility index (Phi) is 7.59. The number of nitrogens with one attached hydrogen (secondary N) is 1. The molecule has 3 rings (SSSR count). The minimum atomic E-state index is -3.47. The highest BCUT2D eigenvalue weighted by molar-refractivity contribution is 7.92. The number of carbonyl (C=O) groups excluding carboxylic acids is 1. The van der Waals surface area contributed by atoms with Gasteiger partial charge in [0.2, 0.25) is 10.0 Å². The molecule has 5 nitrogen and oxygen atoms in total. The summed E-state index contributed by atoms with van der Waals surface area (Å²) in [6.45, 7) is 8.17. The summed E-state index contributed by atoms with van der Waals surface area (Å²) in [5.74, 6) is -0.164. The molecule has 1 atom stereocenters. The van der Waals surface area contributed by atoms with Gasteiger partial charge in [-0.2, -0.15) is 0 Å². The number of amides is 1. The molecular weight excluding hydrogens is 432 g/mol. The quantitative estimate of drug-likeness (QED) is 0.490. The summed E-state index contributed by atoms with van der Waals surface area (Å²) in [6, 6.07) is 20.9. The van der Waals surface area contributed by atoms with Crippen LogP contribution in [0.3, 0.4) is 0 Å². The van der Waals surface area contributed by atoms with Gasteiger partial charge in [-0.15, -0.1) is 0 Å². The standard InChI is InChI=1S/C27H32N2O3S/c1-6-22-7-11-24(12-8-22)21(4)28-27(30)25-13-9-23(10-14-25)18-29(33(5,31)32)26-16-19(2)15-20(3)17-26/h7-17,21H,6,18H2,1-5H3,(H,28,30)/t21-/m0/s1. The molecule has 0 fully saturated rings. The topological polar surface area (TPSA) is 66.5 Å². The molecule has 0 aliphatic heterocycles. The molecule has 0 heterocycles. The van der Waals surface area contributed by atoms with Crippen LogP contribution in [0.2, 0.25) is 0 Å². The zero-order chi connectivity index (χ0) is 24.2. The van der Waals surface area contributed by atoms with Gasteiger partial charge in [-0.1, -0.05) is 49.4 Å². The first kappa shape index (κ1) is 24.5. The number of anilines is 1. The van der Waals surface area contributed by atoms with Crippen molar-refractivity contribution < 1.29 is 13.2 Å².